The number of nitrogens with zero attached hydrogens (tertiary/aromatic N) is 2. The number of nitro groups is 1. The first-order valence-corrected chi connectivity index (χ1v) is 4.58. The van der Waals surface area contributed by atoms with Gasteiger partial charge in [-0.25, -0.2) is 13.8 Å². The van der Waals surface area contributed by atoms with Crippen LogP contribution in [0.3, 0.4) is 0 Å². The van der Waals surface area contributed by atoms with Gasteiger partial charge >= 0.3 is 0 Å². The number of hydrogen-bond acceptors (Lipinski definition) is 4. The molecule has 0 unspecified atom stereocenters. The summed E-state index contributed by atoms with van der Waals surface area (Å²) in [6.07, 6.45) is -2.80. The summed E-state index contributed by atoms with van der Waals surface area (Å²) in [4.78, 5) is 13.3. The Balaban J connectivity index is 3.35. The number of pyridine rings is 1. The van der Waals surface area contributed by atoms with Gasteiger partial charge in [0.05, 0.1) is 9.40 Å². The van der Waals surface area contributed by atoms with Crippen LogP contribution in [0.2, 0.25) is 0 Å². The molecule has 0 bridgehead atoms. The molecule has 0 saturated heterocycles. The van der Waals surface area contributed by atoms with E-state index in [-0.39, 0.29) is 22.4 Å². The Bertz CT molecular complexity index is 400. The molecule has 1 heterocycles. The quantitative estimate of drug-likeness (QED) is 0.680. The SMILES string of the molecule is NCc1nc(C(F)F)c(Br)cc1[N+](=O)[O-]. The maximum atomic E-state index is 12.4. The van der Waals surface area contributed by atoms with Crippen molar-refractivity contribution in [2.24, 2.45) is 5.73 Å². The predicted molar refractivity (Wildman–Crippen MR) is 51.4 cm³/mol. The molecule has 0 aromatic carbocycles. The second-order valence-electron chi connectivity index (χ2n) is 2.58. The Kier molecular flexibility index (Phi) is 3.64. The molecule has 1 aromatic rings. The topological polar surface area (TPSA) is 82.0 Å². The molecular formula is C7H6BrF2N3O2. The predicted octanol–water partition coefficient (Wildman–Crippen LogP) is 2.15. The van der Waals surface area contributed by atoms with Crippen LogP contribution in [0.4, 0.5) is 14.5 Å². The van der Waals surface area contributed by atoms with E-state index >= 15 is 0 Å². The Hall–Kier alpha value is -1.15. The molecule has 5 nitrogen and oxygen atoms in total. The standard InChI is InChI=1S/C7H6BrF2N3O2/c8-3-1-5(13(14)15)4(2-11)12-6(3)7(9)10/h1,7H,2,11H2. The number of nitrogens with two attached hydrogens (primary N) is 1. The van der Waals surface area contributed by atoms with E-state index in [1.54, 1.807) is 0 Å². The molecule has 0 saturated carbocycles. The molecule has 0 spiro atoms. The van der Waals surface area contributed by atoms with E-state index in [4.69, 9.17) is 5.73 Å². The molecule has 0 aliphatic rings. The van der Waals surface area contributed by atoms with Crippen molar-refractivity contribution in [1.29, 1.82) is 0 Å². The van der Waals surface area contributed by atoms with Gasteiger partial charge in [0.25, 0.3) is 12.1 Å². The van der Waals surface area contributed by atoms with Crippen molar-refractivity contribution in [3.8, 4) is 0 Å². The van der Waals surface area contributed by atoms with Crippen LogP contribution in [0, 0.1) is 10.1 Å². The zero-order valence-corrected chi connectivity index (χ0v) is 8.87. The van der Waals surface area contributed by atoms with Crippen molar-refractivity contribution in [3.63, 3.8) is 0 Å². The second-order valence-corrected chi connectivity index (χ2v) is 3.44. The van der Waals surface area contributed by atoms with E-state index in [0.717, 1.165) is 6.07 Å². The van der Waals surface area contributed by atoms with Gasteiger partial charge in [-0.05, 0) is 15.9 Å². The van der Waals surface area contributed by atoms with E-state index in [1.165, 1.54) is 0 Å². The Labute approximate surface area is 91.6 Å². The van der Waals surface area contributed by atoms with Crippen molar-refractivity contribution < 1.29 is 13.7 Å². The number of halogens is 3. The third kappa shape index (κ3) is 2.45. The van der Waals surface area contributed by atoms with Gasteiger partial charge in [-0.3, -0.25) is 10.1 Å². The lowest BCUT2D eigenvalue weighted by atomic mass is 10.2. The summed E-state index contributed by atoms with van der Waals surface area (Å²) >= 11 is 2.79. The van der Waals surface area contributed by atoms with E-state index in [0.29, 0.717) is 0 Å². The van der Waals surface area contributed by atoms with Gasteiger partial charge < -0.3 is 5.73 Å². The molecule has 1 rings (SSSR count). The largest absolute Gasteiger partial charge is 0.325 e. The Morgan fingerprint density at radius 1 is 1.67 bits per heavy atom. The molecular weight excluding hydrogens is 276 g/mol. The van der Waals surface area contributed by atoms with Crippen LogP contribution >= 0.6 is 15.9 Å². The van der Waals surface area contributed by atoms with E-state index in [1.807, 2.05) is 0 Å². The van der Waals surface area contributed by atoms with Crippen molar-refractivity contribution >= 4 is 21.6 Å². The number of rotatable bonds is 3. The number of aromatic nitrogens is 1. The number of alkyl halides is 2. The summed E-state index contributed by atoms with van der Waals surface area (Å²) in [5, 5.41) is 10.5. The van der Waals surface area contributed by atoms with Gasteiger partial charge in [0.15, 0.2) is 0 Å². The highest BCUT2D eigenvalue weighted by Crippen LogP contribution is 2.30. The van der Waals surface area contributed by atoms with Crippen LogP contribution in [0.15, 0.2) is 10.5 Å². The maximum Gasteiger partial charge on any atom is 0.293 e. The van der Waals surface area contributed by atoms with E-state index < -0.39 is 17.0 Å². The molecule has 2 N–H and O–H groups in total. The van der Waals surface area contributed by atoms with Crippen molar-refractivity contribution in [1.82, 2.24) is 4.98 Å². The van der Waals surface area contributed by atoms with Gasteiger partial charge in [-0.1, -0.05) is 0 Å². The highest BCUT2D eigenvalue weighted by atomic mass is 79.9. The smallest absolute Gasteiger partial charge is 0.293 e. The molecule has 0 radical (unpaired) electrons. The van der Waals surface area contributed by atoms with Gasteiger partial charge in [0.2, 0.25) is 0 Å². The first-order valence-electron chi connectivity index (χ1n) is 3.79. The maximum absolute atomic E-state index is 12.4. The highest BCUT2D eigenvalue weighted by molar-refractivity contribution is 9.10. The highest BCUT2D eigenvalue weighted by Gasteiger charge is 2.22. The zero-order chi connectivity index (χ0) is 11.6. The van der Waals surface area contributed by atoms with E-state index in [9.17, 15) is 18.9 Å². The van der Waals surface area contributed by atoms with Gasteiger partial charge in [0.1, 0.15) is 11.4 Å². The molecule has 0 amide bonds. The molecule has 15 heavy (non-hydrogen) atoms. The van der Waals surface area contributed by atoms with Crippen LogP contribution < -0.4 is 5.73 Å². The molecule has 0 fully saturated rings. The second kappa shape index (κ2) is 4.58. The average molecular weight is 282 g/mol. The molecule has 0 atom stereocenters. The summed E-state index contributed by atoms with van der Waals surface area (Å²) in [6.45, 7) is -0.261. The summed E-state index contributed by atoms with van der Waals surface area (Å²) < 4.78 is 24.7. The fraction of sp³-hybridized carbons (Fsp3) is 0.286. The average Bonchev–Trinajstić information content (AvgIpc) is 2.16. The van der Waals surface area contributed by atoms with Crippen molar-refractivity contribution in [2.45, 2.75) is 13.0 Å². The molecule has 0 aliphatic carbocycles. The fourth-order valence-corrected chi connectivity index (χ4v) is 1.47. The van der Waals surface area contributed by atoms with Crippen molar-refractivity contribution in [2.75, 3.05) is 0 Å². The minimum atomic E-state index is -2.80. The zero-order valence-electron chi connectivity index (χ0n) is 7.28. The summed E-state index contributed by atoms with van der Waals surface area (Å²) in [5.41, 5.74) is 4.12. The first kappa shape index (κ1) is 11.9. The van der Waals surface area contributed by atoms with Gasteiger partial charge in [-0.15, -0.1) is 0 Å². The molecule has 0 aliphatic heterocycles. The summed E-state index contributed by atoms with van der Waals surface area (Å²) in [7, 11) is 0. The van der Waals surface area contributed by atoms with Gasteiger partial charge in [-0.2, -0.15) is 0 Å². The molecule has 1 aromatic heterocycles. The lowest BCUT2D eigenvalue weighted by Crippen LogP contribution is -2.07. The Morgan fingerprint density at radius 2 is 2.27 bits per heavy atom. The first-order chi connectivity index (χ1) is 6.97. The van der Waals surface area contributed by atoms with Crippen LogP contribution in [0.1, 0.15) is 17.8 Å². The third-order valence-electron chi connectivity index (χ3n) is 1.66. The molecule has 8 heteroatoms. The van der Waals surface area contributed by atoms with Crippen molar-refractivity contribution in [3.05, 3.63) is 32.0 Å². The number of hydrogen-bond donors (Lipinski definition) is 1. The van der Waals surface area contributed by atoms with E-state index in [2.05, 4.69) is 20.9 Å². The van der Waals surface area contributed by atoms with Crippen LogP contribution in [-0.4, -0.2) is 9.91 Å². The van der Waals surface area contributed by atoms with Crippen LogP contribution in [0.25, 0.3) is 0 Å². The van der Waals surface area contributed by atoms with Crippen LogP contribution in [-0.2, 0) is 6.54 Å². The fourth-order valence-electron chi connectivity index (χ4n) is 0.995. The van der Waals surface area contributed by atoms with Gasteiger partial charge in [0, 0.05) is 12.6 Å². The normalized spacial score (nSPS) is 10.7. The minimum Gasteiger partial charge on any atom is -0.325 e. The lowest BCUT2D eigenvalue weighted by Gasteiger charge is -2.05. The summed E-state index contributed by atoms with van der Waals surface area (Å²) in [5.74, 6) is 0. The minimum absolute atomic E-state index is 0.0959. The third-order valence-corrected chi connectivity index (χ3v) is 2.29. The monoisotopic (exact) mass is 281 g/mol. The molecule has 82 valence electrons. The Morgan fingerprint density at radius 3 is 2.67 bits per heavy atom. The van der Waals surface area contributed by atoms with Crippen LogP contribution in [0.5, 0.6) is 0 Å². The summed E-state index contributed by atoms with van der Waals surface area (Å²) in [6, 6.07) is 0.983. The lowest BCUT2D eigenvalue weighted by molar-refractivity contribution is -0.386.